The highest BCUT2D eigenvalue weighted by atomic mass is 32.1. The number of nitrogens with one attached hydrogen (secondary N) is 1. The van der Waals surface area contributed by atoms with Gasteiger partial charge in [-0.05, 0) is 96.6 Å². The molecule has 1 aliphatic rings. The summed E-state index contributed by atoms with van der Waals surface area (Å²) in [7, 11) is 1.65. The van der Waals surface area contributed by atoms with E-state index in [0.717, 1.165) is 39.9 Å². The minimum atomic E-state index is -0.128. The van der Waals surface area contributed by atoms with Crippen molar-refractivity contribution in [3.05, 3.63) is 133 Å². The average molecular weight is 534 g/mol. The Morgan fingerprint density at radius 1 is 0.846 bits per heavy atom. The van der Waals surface area contributed by atoms with Crippen LogP contribution >= 0.6 is 12.2 Å². The minimum Gasteiger partial charge on any atom is -0.497 e. The molecule has 2 aromatic carbocycles. The molecule has 0 amide bonds. The number of nitrogens with zero attached hydrogens (tertiary/aromatic N) is 4. The van der Waals surface area contributed by atoms with Gasteiger partial charge in [0.05, 0.1) is 18.8 Å². The molecule has 0 aliphatic carbocycles. The van der Waals surface area contributed by atoms with E-state index in [1.165, 1.54) is 0 Å². The lowest BCUT2D eigenvalue weighted by atomic mass is 10.0. The maximum atomic E-state index is 6.05. The van der Waals surface area contributed by atoms with Crippen LogP contribution in [0.4, 0.5) is 5.69 Å². The lowest BCUT2D eigenvalue weighted by Crippen LogP contribution is -2.30. The summed E-state index contributed by atoms with van der Waals surface area (Å²) in [4.78, 5) is 11.1. The Hall–Kier alpha value is -4.69. The van der Waals surface area contributed by atoms with Gasteiger partial charge in [-0.25, -0.2) is 0 Å². The first-order chi connectivity index (χ1) is 19.2. The van der Waals surface area contributed by atoms with E-state index in [0.29, 0.717) is 11.7 Å². The first kappa shape index (κ1) is 24.6. The predicted octanol–water partition coefficient (Wildman–Crippen LogP) is 6.30. The fourth-order valence-corrected chi connectivity index (χ4v) is 5.26. The number of thiocarbonyl (C=S) groups is 1. The molecule has 2 atom stereocenters. The maximum Gasteiger partial charge on any atom is 0.174 e. The van der Waals surface area contributed by atoms with Gasteiger partial charge in [-0.3, -0.25) is 9.97 Å². The third kappa shape index (κ3) is 5.19. The molecule has 194 valence electrons. The van der Waals surface area contributed by atoms with Crippen LogP contribution in [0.15, 0.2) is 116 Å². The lowest BCUT2D eigenvalue weighted by Gasteiger charge is -2.29. The molecule has 4 heterocycles. The molecule has 0 bridgehead atoms. The number of anilines is 1. The van der Waals surface area contributed by atoms with E-state index in [1.54, 1.807) is 13.3 Å². The monoisotopic (exact) mass is 533 g/mol. The number of ether oxygens (including phenoxy) is 2. The van der Waals surface area contributed by atoms with E-state index >= 15 is 0 Å². The first-order valence-corrected chi connectivity index (χ1v) is 13.1. The molecule has 0 saturated carbocycles. The number of pyridine rings is 2. The largest absolute Gasteiger partial charge is 0.497 e. The number of hydrogen-bond acceptors (Lipinski definition) is 5. The van der Waals surface area contributed by atoms with Crippen LogP contribution in [0.3, 0.4) is 0 Å². The molecular formula is C31H27N5O2S. The van der Waals surface area contributed by atoms with E-state index in [2.05, 4.69) is 49.1 Å². The van der Waals surface area contributed by atoms with Crippen molar-refractivity contribution >= 4 is 23.0 Å². The molecule has 5 aromatic rings. The third-order valence-electron chi connectivity index (χ3n) is 6.75. The van der Waals surface area contributed by atoms with Crippen LogP contribution in [-0.4, -0.2) is 26.8 Å². The second-order valence-corrected chi connectivity index (χ2v) is 9.58. The quantitative estimate of drug-likeness (QED) is 0.235. The van der Waals surface area contributed by atoms with Crippen LogP contribution < -0.4 is 19.7 Å². The Morgan fingerprint density at radius 2 is 1.62 bits per heavy atom. The molecule has 1 N–H and O–H groups in total. The summed E-state index contributed by atoms with van der Waals surface area (Å²) < 4.78 is 13.5. The molecule has 7 nitrogen and oxygen atoms in total. The predicted molar refractivity (Wildman–Crippen MR) is 155 cm³/mol. The highest BCUT2D eigenvalue weighted by Gasteiger charge is 2.42. The number of methoxy groups -OCH3 is 1. The molecule has 0 unspecified atom stereocenters. The van der Waals surface area contributed by atoms with Crippen LogP contribution in [0, 0.1) is 0 Å². The maximum absolute atomic E-state index is 6.05. The molecular weight excluding hydrogens is 506 g/mol. The van der Waals surface area contributed by atoms with Crippen molar-refractivity contribution in [2.75, 3.05) is 12.0 Å². The van der Waals surface area contributed by atoms with Crippen molar-refractivity contribution in [1.29, 1.82) is 0 Å². The standard InChI is InChI=1S/C31H27N5O2S/c1-37-24-13-15-26(16-14-24)38-25-11-9-23(10-12-25)36-30(29(34-31(36)39)27-7-2-3-18-33-27)28-8-5-19-35(28)21-22-6-4-17-32-20-22/h2-20,29-30H,21H2,1H3,(H,34,39)/t29-,30+/m0/s1. The van der Waals surface area contributed by atoms with Gasteiger partial charge in [0, 0.05) is 42.7 Å². The Labute approximate surface area is 232 Å². The van der Waals surface area contributed by atoms with Crippen molar-refractivity contribution in [1.82, 2.24) is 19.9 Å². The van der Waals surface area contributed by atoms with Crippen LogP contribution in [-0.2, 0) is 6.54 Å². The molecule has 1 saturated heterocycles. The summed E-state index contributed by atoms with van der Waals surface area (Å²) in [5.74, 6) is 2.26. The minimum absolute atomic E-state index is 0.118. The van der Waals surface area contributed by atoms with Crippen molar-refractivity contribution in [2.24, 2.45) is 0 Å². The van der Waals surface area contributed by atoms with Crippen LogP contribution in [0.5, 0.6) is 17.2 Å². The summed E-state index contributed by atoms with van der Waals surface area (Å²) in [6, 6.07) is 29.5. The fraction of sp³-hybridized carbons (Fsp3) is 0.129. The van der Waals surface area contributed by atoms with Crippen molar-refractivity contribution in [2.45, 2.75) is 18.6 Å². The van der Waals surface area contributed by atoms with Crippen molar-refractivity contribution in [3.63, 3.8) is 0 Å². The van der Waals surface area contributed by atoms with Gasteiger partial charge in [0.2, 0.25) is 0 Å². The van der Waals surface area contributed by atoms with E-state index in [9.17, 15) is 0 Å². The summed E-state index contributed by atoms with van der Waals surface area (Å²) in [5, 5.41) is 4.19. The SMILES string of the molecule is COc1ccc(Oc2ccc(N3C(=S)N[C@@H](c4ccccn4)[C@H]3c3cccn3Cc3cccnc3)cc2)cc1. The van der Waals surface area contributed by atoms with E-state index < -0.39 is 0 Å². The normalized spacial score (nSPS) is 16.6. The van der Waals surface area contributed by atoms with Crippen molar-refractivity contribution in [3.8, 4) is 17.2 Å². The average Bonchev–Trinajstić information content (AvgIpc) is 3.58. The molecule has 3 aromatic heterocycles. The summed E-state index contributed by atoms with van der Waals surface area (Å²) in [6.45, 7) is 0.705. The Balaban J connectivity index is 1.33. The molecule has 39 heavy (non-hydrogen) atoms. The third-order valence-corrected chi connectivity index (χ3v) is 7.07. The molecule has 1 fully saturated rings. The number of hydrogen-bond donors (Lipinski definition) is 1. The van der Waals surface area contributed by atoms with Crippen LogP contribution in [0.25, 0.3) is 0 Å². The van der Waals surface area contributed by atoms with Gasteiger partial charge in [-0.2, -0.15) is 0 Å². The second-order valence-electron chi connectivity index (χ2n) is 9.19. The van der Waals surface area contributed by atoms with Gasteiger partial charge in [-0.1, -0.05) is 12.1 Å². The first-order valence-electron chi connectivity index (χ1n) is 12.7. The van der Waals surface area contributed by atoms with E-state index in [1.807, 2.05) is 85.2 Å². The van der Waals surface area contributed by atoms with E-state index in [-0.39, 0.29) is 12.1 Å². The number of aromatic nitrogens is 3. The highest BCUT2D eigenvalue weighted by molar-refractivity contribution is 7.80. The Kier molecular flexibility index (Phi) is 6.93. The van der Waals surface area contributed by atoms with Gasteiger partial charge >= 0.3 is 0 Å². The molecule has 8 heteroatoms. The van der Waals surface area contributed by atoms with Gasteiger partial charge in [0.1, 0.15) is 23.3 Å². The van der Waals surface area contributed by atoms with Crippen molar-refractivity contribution < 1.29 is 9.47 Å². The molecule has 1 aliphatic heterocycles. The molecule has 6 rings (SSSR count). The summed E-state index contributed by atoms with van der Waals surface area (Å²) in [5.41, 5.74) is 4.15. The molecule has 0 spiro atoms. The Bertz CT molecular complexity index is 1540. The zero-order valence-corrected chi connectivity index (χ0v) is 22.2. The van der Waals surface area contributed by atoms with Gasteiger partial charge < -0.3 is 24.3 Å². The van der Waals surface area contributed by atoms with Gasteiger partial charge in [0.15, 0.2) is 5.11 Å². The summed E-state index contributed by atoms with van der Waals surface area (Å²) in [6.07, 6.45) is 7.61. The fourth-order valence-electron chi connectivity index (χ4n) is 4.92. The lowest BCUT2D eigenvalue weighted by molar-refractivity contribution is 0.413. The molecule has 0 radical (unpaired) electrons. The van der Waals surface area contributed by atoms with Crippen LogP contribution in [0.1, 0.15) is 29.0 Å². The zero-order valence-electron chi connectivity index (χ0n) is 21.3. The number of benzene rings is 2. The topological polar surface area (TPSA) is 64.4 Å². The van der Waals surface area contributed by atoms with E-state index in [4.69, 9.17) is 21.7 Å². The smallest absolute Gasteiger partial charge is 0.174 e. The zero-order chi connectivity index (χ0) is 26.6. The van der Waals surface area contributed by atoms with Crippen LogP contribution in [0.2, 0.25) is 0 Å². The summed E-state index contributed by atoms with van der Waals surface area (Å²) >= 11 is 5.91. The second kappa shape index (κ2) is 11.0. The number of rotatable bonds is 8. The Morgan fingerprint density at radius 3 is 2.31 bits per heavy atom. The van der Waals surface area contributed by atoms with Gasteiger partial charge in [-0.15, -0.1) is 0 Å². The van der Waals surface area contributed by atoms with Gasteiger partial charge in [0.25, 0.3) is 0 Å². The highest BCUT2D eigenvalue weighted by Crippen LogP contribution is 2.42.